The Bertz CT molecular complexity index is 834. The molecule has 1 fully saturated rings. The summed E-state index contributed by atoms with van der Waals surface area (Å²) in [5.41, 5.74) is 0.998. The maximum Gasteiger partial charge on any atom is 0.306 e. The van der Waals surface area contributed by atoms with E-state index < -0.39 is 5.97 Å². The van der Waals surface area contributed by atoms with E-state index in [1.165, 1.54) is 0 Å². The first kappa shape index (κ1) is 18.2. The first-order chi connectivity index (χ1) is 13.1. The Kier molecular flexibility index (Phi) is 5.25. The molecule has 5 nitrogen and oxygen atoms in total. The predicted molar refractivity (Wildman–Crippen MR) is 106 cm³/mol. The number of nitrogens with zero attached hydrogens (tertiary/aromatic N) is 1. The number of aromatic nitrogens is 1. The molecule has 2 aliphatic carbocycles. The van der Waals surface area contributed by atoms with Gasteiger partial charge in [0.15, 0.2) is 0 Å². The minimum atomic E-state index is -0.715. The van der Waals surface area contributed by atoms with Gasteiger partial charge in [0.1, 0.15) is 0 Å². The number of thiazole rings is 1. The topological polar surface area (TPSA) is 79.3 Å². The second-order valence-corrected chi connectivity index (χ2v) is 8.63. The third-order valence-corrected chi connectivity index (χ3v) is 6.99. The van der Waals surface area contributed by atoms with E-state index in [1.807, 2.05) is 18.2 Å². The van der Waals surface area contributed by atoms with Gasteiger partial charge in [0.25, 0.3) is 0 Å². The molecule has 0 bridgehead atoms. The Morgan fingerprint density at radius 3 is 2.56 bits per heavy atom. The van der Waals surface area contributed by atoms with Crippen molar-refractivity contribution in [1.29, 1.82) is 0 Å². The Morgan fingerprint density at radius 1 is 1.07 bits per heavy atom. The number of amides is 1. The Balaban J connectivity index is 1.45. The number of carbonyl (C=O) groups excluding carboxylic acids is 1. The van der Waals surface area contributed by atoms with Crippen LogP contribution in [0.3, 0.4) is 0 Å². The van der Waals surface area contributed by atoms with Crippen LogP contribution in [0.15, 0.2) is 36.4 Å². The van der Waals surface area contributed by atoms with Crippen molar-refractivity contribution < 1.29 is 14.7 Å². The average Bonchev–Trinajstić information content (AvgIpc) is 3.12. The van der Waals surface area contributed by atoms with E-state index >= 15 is 0 Å². The van der Waals surface area contributed by atoms with Crippen molar-refractivity contribution in [3.63, 3.8) is 0 Å². The normalized spacial score (nSPS) is 28.1. The number of nitrogens with one attached hydrogen (secondary N) is 1. The lowest BCUT2D eigenvalue weighted by atomic mass is 9.81. The van der Waals surface area contributed by atoms with Gasteiger partial charge in [0.05, 0.1) is 27.1 Å². The largest absolute Gasteiger partial charge is 0.481 e. The van der Waals surface area contributed by atoms with Crippen molar-refractivity contribution in [3.05, 3.63) is 41.4 Å². The molecule has 0 radical (unpaired) electrons. The minimum Gasteiger partial charge on any atom is -0.481 e. The van der Waals surface area contributed by atoms with Crippen LogP contribution in [0.1, 0.15) is 49.5 Å². The Hall–Kier alpha value is -2.21. The van der Waals surface area contributed by atoms with E-state index in [-0.39, 0.29) is 29.7 Å². The molecule has 1 aromatic carbocycles. The highest BCUT2D eigenvalue weighted by molar-refractivity contribution is 7.18. The van der Waals surface area contributed by atoms with Crippen LogP contribution >= 0.6 is 11.3 Å². The van der Waals surface area contributed by atoms with Gasteiger partial charge in [0.2, 0.25) is 5.91 Å². The molecule has 2 N–H and O–H groups in total. The van der Waals surface area contributed by atoms with Gasteiger partial charge in [-0.15, -0.1) is 11.3 Å². The zero-order valence-electron chi connectivity index (χ0n) is 15.1. The fraction of sp³-hybridized carbons (Fsp3) is 0.476. The predicted octanol–water partition coefficient (Wildman–Crippen LogP) is 4.11. The zero-order chi connectivity index (χ0) is 18.8. The fourth-order valence-corrected chi connectivity index (χ4v) is 5.36. The van der Waals surface area contributed by atoms with Gasteiger partial charge in [-0.1, -0.05) is 24.3 Å². The molecule has 1 heterocycles. The molecule has 0 aliphatic heterocycles. The minimum absolute atomic E-state index is 0.0855. The van der Waals surface area contributed by atoms with Crippen LogP contribution in [-0.4, -0.2) is 28.0 Å². The Labute approximate surface area is 162 Å². The average molecular weight is 385 g/mol. The molecule has 0 saturated heterocycles. The van der Waals surface area contributed by atoms with Crippen LogP contribution in [0, 0.1) is 11.8 Å². The van der Waals surface area contributed by atoms with E-state index in [2.05, 4.69) is 23.5 Å². The van der Waals surface area contributed by atoms with Gasteiger partial charge in [0, 0.05) is 12.0 Å². The van der Waals surface area contributed by atoms with E-state index in [1.54, 1.807) is 11.3 Å². The molecule has 2 unspecified atom stereocenters. The Morgan fingerprint density at radius 2 is 1.81 bits per heavy atom. The van der Waals surface area contributed by atoms with Crippen molar-refractivity contribution in [2.24, 2.45) is 11.8 Å². The lowest BCUT2D eigenvalue weighted by Crippen LogP contribution is -2.43. The summed E-state index contributed by atoms with van der Waals surface area (Å²) in [4.78, 5) is 28.9. The number of para-hydroxylation sites is 1. The fourth-order valence-electron chi connectivity index (χ4n) is 4.22. The summed E-state index contributed by atoms with van der Waals surface area (Å²) < 4.78 is 1.16. The van der Waals surface area contributed by atoms with Crippen LogP contribution in [0.4, 0.5) is 0 Å². The second kappa shape index (κ2) is 7.80. The summed E-state index contributed by atoms with van der Waals surface area (Å²) in [5.74, 6) is -0.878. The summed E-state index contributed by atoms with van der Waals surface area (Å²) in [5, 5.41) is 13.4. The molecule has 1 saturated carbocycles. The van der Waals surface area contributed by atoms with E-state index in [4.69, 9.17) is 10.1 Å². The first-order valence-corrected chi connectivity index (χ1v) is 10.5. The maximum absolute atomic E-state index is 13.0. The van der Waals surface area contributed by atoms with Crippen molar-refractivity contribution in [2.45, 2.75) is 50.5 Å². The molecule has 142 valence electrons. The van der Waals surface area contributed by atoms with Crippen molar-refractivity contribution in [2.75, 3.05) is 0 Å². The van der Waals surface area contributed by atoms with Crippen LogP contribution < -0.4 is 5.32 Å². The molecule has 2 aliphatic rings. The van der Waals surface area contributed by atoms with Crippen molar-refractivity contribution in [3.8, 4) is 0 Å². The highest BCUT2D eigenvalue weighted by atomic mass is 32.1. The molecule has 2 atom stereocenters. The molecular weight excluding hydrogens is 360 g/mol. The van der Waals surface area contributed by atoms with E-state index in [9.17, 15) is 9.59 Å². The molecule has 6 heteroatoms. The number of carboxylic acid groups (broad SMARTS) is 1. The molecule has 27 heavy (non-hydrogen) atoms. The summed E-state index contributed by atoms with van der Waals surface area (Å²) in [6, 6.07) is 8.19. The molecule has 4 rings (SSSR count). The number of carboxylic acids is 1. The lowest BCUT2D eigenvalue weighted by molar-refractivity contribution is -0.142. The zero-order valence-corrected chi connectivity index (χ0v) is 16.0. The molecule has 0 spiro atoms. The summed E-state index contributed by atoms with van der Waals surface area (Å²) in [6.45, 7) is 0. The quantitative estimate of drug-likeness (QED) is 0.778. The molecule has 1 aromatic heterocycles. The maximum atomic E-state index is 13.0. The highest BCUT2D eigenvalue weighted by Crippen LogP contribution is 2.38. The molecule has 2 aromatic rings. The summed E-state index contributed by atoms with van der Waals surface area (Å²) in [6.07, 6.45) is 8.60. The number of fused-ring (bicyclic) bond motifs is 1. The van der Waals surface area contributed by atoms with E-state index in [0.717, 1.165) is 40.9 Å². The van der Waals surface area contributed by atoms with Gasteiger partial charge >= 0.3 is 5.97 Å². The van der Waals surface area contributed by atoms with Gasteiger partial charge < -0.3 is 10.4 Å². The standard InChI is InChI=1S/C21H24N2O3S/c24-19(22-14-11-9-13(10-12-14)21(25)26)15-5-1-2-6-16(15)20-23-17-7-3-4-8-18(17)27-20/h1-4,7-8,13-16H,5-6,9-12H2,(H,22,24)(H,25,26). The second-order valence-electron chi connectivity index (χ2n) is 7.57. The van der Waals surface area contributed by atoms with Crippen molar-refractivity contribution in [1.82, 2.24) is 10.3 Å². The van der Waals surface area contributed by atoms with Gasteiger partial charge in [-0.3, -0.25) is 9.59 Å². The lowest BCUT2D eigenvalue weighted by Gasteiger charge is -2.31. The van der Waals surface area contributed by atoms with Gasteiger partial charge in [-0.2, -0.15) is 0 Å². The number of aliphatic carboxylic acids is 1. The number of hydrogen-bond donors (Lipinski definition) is 2. The smallest absolute Gasteiger partial charge is 0.306 e. The van der Waals surface area contributed by atoms with Crippen molar-refractivity contribution >= 4 is 33.4 Å². The molecule has 1 amide bonds. The van der Waals surface area contributed by atoms with Gasteiger partial charge in [-0.25, -0.2) is 4.98 Å². The van der Waals surface area contributed by atoms with Crippen LogP contribution in [-0.2, 0) is 9.59 Å². The monoisotopic (exact) mass is 384 g/mol. The SMILES string of the molecule is O=C(O)C1CCC(NC(=O)C2CC=CCC2c2nc3ccccc3s2)CC1. The third kappa shape index (κ3) is 3.90. The first-order valence-electron chi connectivity index (χ1n) is 9.65. The number of rotatable bonds is 4. The third-order valence-electron chi connectivity index (χ3n) is 5.82. The van der Waals surface area contributed by atoms with E-state index in [0.29, 0.717) is 12.8 Å². The van der Waals surface area contributed by atoms with Crippen LogP contribution in [0.5, 0.6) is 0 Å². The van der Waals surface area contributed by atoms with Crippen LogP contribution in [0.25, 0.3) is 10.2 Å². The summed E-state index contributed by atoms with van der Waals surface area (Å²) in [7, 11) is 0. The number of allylic oxidation sites excluding steroid dienone is 2. The molecular formula is C21H24N2O3S. The number of hydrogen-bond acceptors (Lipinski definition) is 4. The summed E-state index contributed by atoms with van der Waals surface area (Å²) >= 11 is 1.68. The highest BCUT2D eigenvalue weighted by Gasteiger charge is 2.34. The van der Waals surface area contributed by atoms with Gasteiger partial charge in [-0.05, 0) is 50.7 Å². The number of carbonyl (C=O) groups is 2. The number of benzene rings is 1. The van der Waals surface area contributed by atoms with Crippen LogP contribution in [0.2, 0.25) is 0 Å².